The first-order chi connectivity index (χ1) is 9.15. The molecule has 0 bridgehead atoms. The molecule has 1 atom stereocenters. The molecule has 3 rings (SSSR count). The minimum absolute atomic E-state index is 0.0692. The van der Waals surface area contributed by atoms with Crippen LogP contribution in [0.2, 0.25) is 0 Å². The molecule has 0 heterocycles. The molecule has 0 fully saturated rings. The lowest BCUT2D eigenvalue weighted by molar-refractivity contribution is 0.612. The lowest BCUT2D eigenvalue weighted by Crippen LogP contribution is -2.07. The number of nitrogens with one attached hydrogen (secondary N) is 1. The van der Waals surface area contributed by atoms with Crippen molar-refractivity contribution in [2.45, 2.75) is 25.8 Å². The van der Waals surface area contributed by atoms with Crippen molar-refractivity contribution in [1.29, 1.82) is 0 Å². The smallest absolute Gasteiger partial charge is 0.126 e. The van der Waals surface area contributed by atoms with Crippen molar-refractivity contribution in [3.05, 3.63) is 62.5 Å². The monoisotopic (exact) mass is 367 g/mol. The molecule has 19 heavy (non-hydrogen) atoms. The third-order valence-corrected chi connectivity index (χ3v) is 4.89. The van der Waals surface area contributed by atoms with Gasteiger partial charge in [-0.3, -0.25) is 0 Å². The normalized spacial score (nSPS) is 17.3. The van der Waals surface area contributed by atoms with Crippen LogP contribution in [-0.2, 0) is 6.42 Å². The van der Waals surface area contributed by atoms with Gasteiger partial charge in [0.25, 0.3) is 0 Å². The summed E-state index contributed by atoms with van der Waals surface area (Å²) in [5, 5.41) is 3.52. The maximum Gasteiger partial charge on any atom is 0.126 e. The zero-order valence-corrected chi connectivity index (χ0v) is 12.9. The van der Waals surface area contributed by atoms with Crippen molar-refractivity contribution in [2.75, 3.05) is 5.32 Å². The fraction of sp³-hybridized carbons (Fsp3) is 0.250. The van der Waals surface area contributed by atoms with Crippen LogP contribution in [0.25, 0.3) is 0 Å². The van der Waals surface area contributed by atoms with Crippen molar-refractivity contribution < 1.29 is 4.39 Å². The summed E-state index contributed by atoms with van der Waals surface area (Å²) in [6.45, 7) is 2.10. The van der Waals surface area contributed by atoms with Gasteiger partial charge < -0.3 is 5.32 Å². The van der Waals surface area contributed by atoms with Crippen molar-refractivity contribution in [1.82, 2.24) is 0 Å². The Morgan fingerprint density at radius 3 is 2.89 bits per heavy atom. The number of hydrogen-bond acceptors (Lipinski definition) is 1. The highest BCUT2D eigenvalue weighted by Gasteiger charge is 2.24. The zero-order chi connectivity index (χ0) is 13.4. The highest BCUT2D eigenvalue weighted by Crippen LogP contribution is 2.35. The zero-order valence-electron chi connectivity index (χ0n) is 10.7. The van der Waals surface area contributed by atoms with Crippen molar-refractivity contribution >= 4 is 28.3 Å². The molecule has 1 N–H and O–H groups in total. The summed E-state index contributed by atoms with van der Waals surface area (Å²) in [6.07, 6.45) is 1.78. The van der Waals surface area contributed by atoms with E-state index >= 15 is 0 Å². The van der Waals surface area contributed by atoms with Gasteiger partial charge >= 0.3 is 0 Å². The van der Waals surface area contributed by atoms with Gasteiger partial charge in [0.1, 0.15) is 5.82 Å². The fourth-order valence-corrected chi connectivity index (χ4v) is 3.16. The van der Waals surface area contributed by atoms with Gasteiger partial charge in [-0.25, -0.2) is 4.39 Å². The van der Waals surface area contributed by atoms with E-state index in [0.717, 1.165) is 29.7 Å². The number of fused-ring (bicyclic) bond motifs is 1. The van der Waals surface area contributed by atoms with Crippen LogP contribution in [0.1, 0.15) is 29.2 Å². The van der Waals surface area contributed by atoms with Gasteiger partial charge in [0.05, 0.1) is 6.04 Å². The highest BCUT2D eigenvalue weighted by molar-refractivity contribution is 14.1. The van der Waals surface area contributed by atoms with E-state index in [9.17, 15) is 4.39 Å². The Kier molecular flexibility index (Phi) is 3.48. The third-order valence-electron chi connectivity index (χ3n) is 3.73. The Balaban J connectivity index is 1.86. The largest absolute Gasteiger partial charge is 0.378 e. The van der Waals surface area contributed by atoms with E-state index in [0.29, 0.717) is 0 Å². The predicted octanol–water partition coefficient (Wildman–Crippen LogP) is 4.84. The molecule has 0 aliphatic heterocycles. The van der Waals surface area contributed by atoms with E-state index in [2.05, 4.69) is 53.0 Å². The topological polar surface area (TPSA) is 12.0 Å². The van der Waals surface area contributed by atoms with E-state index in [4.69, 9.17) is 0 Å². The van der Waals surface area contributed by atoms with Crippen molar-refractivity contribution in [2.24, 2.45) is 0 Å². The van der Waals surface area contributed by atoms with Crippen LogP contribution < -0.4 is 5.32 Å². The Hall–Kier alpha value is -1.10. The average Bonchev–Trinajstić information content (AvgIpc) is 2.79. The average molecular weight is 367 g/mol. The second-order valence-electron chi connectivity index (χ2n) is 5.01. The fourth-order valence-electron chi connectivity index (χ4n) is 2.64. The summed E-state index contributed by atoms with van der Waals surface area (Å²) in [7, 11) is 0. The molecule has 1 unspecified atom stereocenters. The van der Waals surface area contributed by atoms with Crippen LogP contribution in [0, 0.1) is 16.3 Å². The van der Waals surface area contributed by atoms with Crippen LogP contribution in [0.5, 0.6) is 0 Å². The number of hydrogen-bond donors (Lipinski definition) is 1. The number of rotatable bonds is 2. The SMILES string of the molecule is Cc1ccc(NC2CCc3c(F)cccc32)cc1I. The lowest BCUT2D eigenvalue weighted by atomic mass is 10.1. The van der Waals surface area contributed by atoms with E-state index in [-0.39, 0.29) is 11.9 Å². The first-order valence-electron chi connectivity index (χ1n) is 6.45. The van der Waals surface area contributed by atoms with Crippen LogP contribution in [-0.4, -0.2) is 0 Å². The molecule has 1 nitrogen and oxygen atoms in total. The molecule has 0 saturated heterocycles. The molecule has 0 spiro atoms. The van der Waals surface area contributed by atoms with Crippen molar-refractivity contribution in [3.8, 4) is 0 Å². The minimum Gasteiger partial charge on any atom is -0.378 e. The van der Waals surface area contributed by atoms with Gasteiger partial charge in [0, 0.05) is 9.26 Å². The van der Waals surface area contributed by atoms with Gasteiger partial charge in [-0.2, -0.15) is 0 Å². The van der Waals surface area contributed by atoms with Gasteiger partial charge in [-0.15, -0.1) is 0 Å². The summed E-state index contributed by atoms with van der Waals surface area (Å²) >= 11 is 2.34. The van der Waals surface area contributed by atoms with E-state index in [1.165, 1.54) is 9.13 Å². The van der Waals surface area contributed by atoms with E-state index in [1.54, 1.807) is 12.1 Å². The first kappa shape index (κ1) is 12.9. The molecule has 0 amide bonds. The molecule has 0 saturated carbocycles. The standard InChI is InChI=1S/C16H15FIN/c1-10-5-6-11(9-15(10)18)19-16-8-7-12-13(16)3-2-4-14(12)17/h2-6,9,16,19H,7-8H2,1H3. The number of benzene rings is 2. The summed E-state index contributed by atoms with van der Waals surface area (Å²) in [5.41, 5.74) is 4.37. The Morgan fingerprint density at radius 1 is 1.26 bits per heavy atom. The predicted molar refractivity (Wildman–Crippen MR) is 85.0 cm³/mol. The number of halogens is 2. The molecule has 1 aliphatic carbocycles. The highest BCUT2D eigenvalue weighted by atomic mass is 127. The molecule has 0 aromatic heterocycles. The maximum absolute atomic E-state index is 13.7. The molecular formula is C16H15FIN. The van der Waals surface area contributed by atoms with Crippen LogP contribution in [0.4, 0.5) is 10.1 Å². The maximum atomic E-state index is 13.7. The second kappa shape index (κ2) is 5.12. The van der Waals surface area contributed by atoms with Gasteiger partial charge in [-0.1, -0.05) is 18.2 Å². The summed E-state index contributed by atoms with van der Waals surface area (Å²) in [4.78, 5) is 0. The quantitative estimate of drug-likeness (QED) is 0.750. The molecule has 1 aliphatic rings. The summed E-state index contributed by atoms with van der Waals surface area (Å²) in [6, 6.07) is 12.0. The lowest BCUT2D eigenvalue weighted by Gasteiger charge is -2.16. The van der Waals surface area contributed by atoms with Crippen molar-refractivity contribution in [3.63, 3.8) is 0 Å². The van der Waals surface area contributed by atoms with Gasteiger partial charge in [0.15, 0.2) is 0 Å². The van der Waals surface area contributed by atoms with Crippen LogP contribution >= 0.6 is 22.6 Å². The van der Waals surface area contributed by atoms with E-state index in [1.807, 2.05) is 6.07 Å². The van der Waals surface area contributed by atoms with Crippen LogP contribution in [0.15, 0.2) is 36.4 Å². The van der Waals surface area contributed by atoms with Gasteiger partial charge in [-0.05, 0) is 77.2 Å². The first-order valence-corrected chi connectivity index (χ1v) is 7.53. The summed E-state index contributed by atoms with van der Waals surface area (Å²) < 4.78 is 14.9. The van der Waals surface area contributed by atoms with Crippen LogP contribution in [0.3, 0.4) is 0 Å². The molecular weight excluding hydrogens is 352 g/mol. The Bertz CT molecular complexity index is 624. The molecule has 2 aromatic rings. The number of aryl methyl sites for hydroxylation is 1. The number of anilines is 1. The van der Waals surface area contributed by atoms with Gasteiger partial charge in [0.2, 0.25) is 0 Å². The summed E-state index contributed by atoms with van der Waals surface area (Å²) in [5.74, 6) is -0.0692. The second-order valence-corrected chi connectivity index (χ2v) is 6.17. The Labute approximate surface area is 126 Å². The van der Waals surface area contributed by atoms with E-state index < -0.39 is 0 Å². The molecule has 0 radical (unpaired) electrons. The Morgan fingerprint density at radius 2 is 2.11 bits per heavy atom. The minimum atomic E-state index is -0.0692. The third kappa shape index (κ3) is 2.48. The molecule has 2 aromatic carbocycles. The molecule has 98 valence electrons. The molecule has 3 heteroatoms.